The van der Waals surface area contributed by atoms with Crippen molar-refractivity contribution in [3.05, 3.63) is 59.7 Å². The molecule has 1 aliphatic rings. The van der Waals surface area contributed by atoms with Crippen LogP contribution in [0.15, 0.2) is 63.9 Å². The lowest BCUT2D eigenvalue weighted by Gasteiger charge is -2.12. The second-order valence-corrected chi connectivity index (χ2v) is 9.38. The van der Waals surface area contributed by atoms with Gasteiger partial charge in [0.25, 0.3) is 0 Å². The van der Waals surface area contributed by atoms with Crippen molar-refractivity contribution in [1.29, 1.82) is 0 Å². The first-order valence-electron chi connectivity index (χ1n) is 10.5. The lowest BCUT2D eigenvalue weighted by atomic mass is 10.1. The molecule has 1 amide bonds. The minimum absolute atomic E-state index is 0.160. The molecule has 0 atom stereocenters. The van der Waals surface area contributed by atoms with Gasteiger partial charge in [0.2, 0.25) is 11.1 Å². The van der Waals surface area contributed by atoms with Crippen molar-refractivity contribution in [2.24, 2.45) is 10.2 Å². The van der Waals surface area contributed by atoms with E-state index in [0.29, 0.717) is 16.1 Å². The highest BCUT2D eigenvalue weighted by Gasteiger charge is 2.17. The van der Waals surface area contributed by atoms with Gasteiger partial charge in [0.05, 0.1) is 17.0 Å². The molecule has 2 aromatic carbocycles. The van der Waals surface area contributed by atoms with Gasteiger partial charge in [-0.05, 0) is 25.5 Å². The second kappa shape index (κ2) is 9.32. The van der Waals surface area contributed by atoms with Gasteiger partial charge in [-0.1, -0.05) is 71.6 Å². The predicted octanol–water partition coefficient (Wildman–Crippen LogP) is 4.02. The van der Waals surface area contributed by atoms with Gasteiger partial charge in [-0.3, -0.25) is 4.79 Å². The van der Waals surface area contributed by atoms with E-state index >= 15 is 0 Å². The Morgan fingerprint density at radius 2 is 1.94 bits per heavy atom. The standard InChI is InChI=1S/C23H21N7OS2/c1-3-30-18-7-5-4-6-16(18)20-21(30)25-23(29-27-20)33-13-19(31)24-22-28-26-17(12-32-22)15-10-8-14(2)9-11-15/h4-11H,3,12-13H2,1-2H3,(H,24,28,31). The van der Waals surface area contributed by atoms with Crippen LogP contribution in [0.1, 0.15) is 18.1 Å². The van der Waals surface area contributed by atoms with Crippen LogP contribution in [0.2, 0.25) is 0 Å². The minimum atomic E-state index is -0.181. The number of rotatable bonds is 5. The van der Waals surface area contributed by atoms with Crippen molar-refractivity contribution in [3.63, 3.8) is 0 Å². The van der Waals surface area contributed by atoms with Crippen molar-refractivity contribution >= 4 is 62.4 Å². The Morgan fingerprint density at radius 3 is 2.70 bits per heavy atom. The van der Waals surface area contributed by atoms with Gasteiger partial charge in [-0.2, -0.15) is 5.10 Å². The summed E-state index contributed by atoms with van der Waals surface area (Å²) in [6.45, 7) is 4.90. The first-order chi connectivity index (χ1) is 16.1. The van der Waals surface area contributed by atoms with Crippen LogP contribution in [-0.2, 0) is 11.3 Å². The van der Waals surface area contributed by atoms with Crippen LogP contribution in [0.4, 0.5) is 0 Å². The first-order valence-corrected chi connectivity index (χ1v) is 12.5. The largest absolute Gasteiger partial charge is 0.324 e. The summed E-state index contributed by atoms with van der Waals surface area (Å²) in [6.07, 6.45) is 0. The third kappa shape index (κ3) is 4.49. The van der Waals surface area contributed by atoms with Crippen LogP contribution in [0.3, 0.4) is 0 Å². The molecule has 4 aromatic rings. The van der Waals surface area contributed by atoms with Crippen molar-refractivity contribution in [2.45, 2.75) is 25.5 Å². The van der Waals surface area contributed by atoms with Crippen molar-refractivity contribution in [3.8, 4) is 0 Å². The van der Waals surface area contributed by atoms with Crippen molar-refractivity contribution < 1.29 is 4.79 Å². The average molecular weight is 476 g/mol. The van der Waals surface area contributed by atoms with Gasteiger partial charge in [0, 0.05) is 17.7 Å². The fourth-order valence-corrected chi connectivity index (χ4v) is 4.97. The molecule has 2 aromatic heterocycles. The molecule has 1 aliphatic heterocycles. The average Bonchev–Trinajstić information content (AvgIpc) is 3.16. The Labute approximate surface area is 199 Å². The zero-order valence-electron chi connectivity index (χ0n) is 18.1. The zero-order chi connectivity index (χ0) is 22.8. The van der Waals surface area contributed by atoms with Crippen LogP contribution in [0.25, 0.3) is 22.1 Å². The van der Waals surface area contributed by atoms with Gasteiger partial charge < -0.3 is 9.88 Å². The SMILES string of the molecule is CCn1c2ccccc2c2nnc(SCC(=O)NC3=NN=C(c4ccc(C)cc4)CS3)nc21. The molecule has 5 rings (SSSR count). The highest BCUT2D eigenvalue weighted by atomic mass is 32.2. The van der Waals surface area contributed by atoms with Gasteiger partial charge in [-0.25, -0.2) is 4.98 Å². The Balaban J connectivity index is 1.25. The minimum Gasteiger partial charge on any atom is -0.324 e. The maximum atomic E-state index is 12.4. The summed E-state index contributed by atoms with van der Waals surface area (Å²) in [6, 6.07) is 16.2. The Bertz CT molecular complexity index is 1410. The van der Waals surface area contributed by atoms with Crippen LogP contribution in [0, 0.1) is 6.92 Å². The summed E-state index contributed by atoms with van der Waals surface area (Å²) in [4.78, 5) is 17.1. The van der Waals surface area contributed by atoms with Gasteiger partial charge in [0.15, 0.2) is 10.8 Å². The molecule has 0 saturated heterocycles. The number of carbonyl (C=O) groups excluding carboxylic acids is 1. The lowest BCUT2D eigenvalue weighted by Crippen LogP contribution is -2.31. The van der Waals surface area contributed by atoms with E-state index in [4.69, 9.17) is 0 Å². The molecule has 0 aliphatic carbocycles. The number of thioether (sulfide) groups is 2. The quantitative estimate of drug-likeness (QED) is 0.438. The van der Waals surface area contributed by atoms with E-state index < -0.39 is 0 Å². The Morgan fingerprint density at radius 1 is 1.12 bits per heavy atom. The topological polar surface area (TPSA) is 97.4 Å². The summed E-state index contributed by atoms with van der Waals surface area (Å²) >= 11 is 2.71. The number of nitrogens with zero attached hydrogens (tertiary/aromatic N) is 6. The summed E-state index contributed by atoms with van der Waals surface area (Å²) in [5, 5.41) is 21.9. The molecule has 10 heteroatoms. The highest BCUT2D eigenvalue weighted by Crippen LogP contribution is 2.27. The molecule has 8 nitrogen and oxygen atoms in total. The van der Waals surface area contributed by atoms with Gasteiger partial charge >= 0.3 is 0 Å². The van der Waals surface area contributed by atoms with E-state index in [1.807, 2.05) is 37.3 Å². The molecule has 0 radical (unpaired) electrons. The number of hydrogen-bond acceptors (Lipinski definition) is 8. The molecule has 0 fully saturated rings. The molecule has 166 valence electrons. The number of benzene rings is 2. The highest BCUT2D eigenvalue weighted by molar-refractivity contribution is 8.14. The maximum absolute atomic E-state index is 12.4. The maximum Gasteiger partial charge on any atom is 0.236 e. The molecular formula is C23H21N7OS2. The number of fused-ring (bicyclic) bond motifs is 3. The van der Waals surface area contributed by atoms with E-state index in [9.17, 15) is 4.79 Å². The fourth-order valence-electron chi connectivity index (χ4n) is 3.60. The number of carbonyl (C=O) groups is 1. The molecule has 3 heterocycles. The Hall–Kier alpha value is -3.24. The predicted molar refractivity (Wildman–Crippen MR) is 135 cm³/mol. The number of para-hydroxylation sites is 1. The summed E-state index contributed by atoms with van der Waals surface area (Å²) in [5.74, 6) is 0.633. The molecule has 0 spiro atoms. The molecule has 33 heavy (non-hydrogen) atoms. The third-order valence-electron chi connectivity index (χ3n) is 5.24. The van der Waals surface area contributed by atoms with E-state index in [-0.39, 0.29) is 11.7 Å². The monoisotopic (exact) mass is 475 g/mol. The van der Waals surface area contributed by atoms with E-state index in [1.54, 1.807) is 0 Å². The fraction of sp³-hybridized carbons (Fsp3) is 0.217. The molecular weight excluding hydrogens is 454 g/mol. The van der Waals surface area contributed by atoms with Gasteiger partial charge in [0.1, 0.15) is 5.52 Å². The van der Waals surface area contributed by atoms with E-state index in [2.05, 4.69) is 60.4 Å². The third-order valence-corrected chi connectivity index (χ3v) is 6.95. The van der Waals surface area contributed by atoms with Crippen LogP contribution < -0.4 is 5.32 Å². The number of aromatic nitrogens is 4. The number of aryl methyl sites for hydroxylation is 2. The Kier molecular flexibility index (Phi) is 6.10. The first kappa shape index (κ1) is 21.6. The van der Waals surface area contributed by atoms with E-state index in [0.717, 1.165) is 39.9 Å². The zero-order valence-corrected chi connectivity index (χ0v) is 19.8. The number of hydrogen-bond donors (Lipinski definition) is 1. The summed E-state index contributed by atoms with van der Waals surface area (Å²) in [7, 11) is 0. The van der Waals surface area contributed by atoms with E-state index in [1.165, 1.54) is 29.1 Å². The molecule has 0 bridgehead atoms. The number of amidine groups is 1. The van der Waals surface area contributed by atoms with Crippen LogP contribution in [-0.4, -0.2) is 48.0 Å². The smallest absolute Gasteiger partial charge is 0.236 e. The summed E-state index contributed by atoms with van der Waals surface area (Å²) in [5.41, 5.74) is 5.77. The molecule has 0 unspecified atom stereocenters. The molecule has 0 saturated carbocycles. The molecule has 1 N–H and O–H groups in total. The van der Waals surface area contributed by atoms with Crippen molar-refractivity contribution in [2.75, 3.05) is 11.5 Å². The van der Waals surface area contributed by atoms with Gasteiger partial charge in [-0.15, -0.1) is 15.3 Å². The lowest BCUT2D eigenvalue weighted by molar-refractivity contribution is -0.117. The van der Waals surface area contributed by atoms with Crippen LogP contribution in [0.5, 0.6) is 0 Å². The normalized spacial score (nSPS) is 13.8. The summed E-state index contributed by atoms with van der Waals surface area (Å²) < 4.78 is 2.11. The number of nitrogens with one attached hydrogen (secondary N) is 1. The van der Waals surface area contributed by atoms with Crippen molar-refractivity contribution in [1.82, 2.24) is 25.1 Å². The number of amides is 1. The second-order valence-electron chi connectivity index (χ2n) is 7.47. The van der Waals surface area contributed by atoms with Crippen LogP contribution >= 0.6 is 23.5 Å².